The molecule has 2 N–H and O–H groups in total. The number of carbonyl (C=O) groups excluding carboxylic acids is 1. The maximum Gasteiger partial charge on any atom is 0.145 e. The van der Waals surface area contributed by atoms with E-state index >= 15 is 0 Å². The molecular weight excluding hydrogens is 288 g/mol. The van der Waals surface area contributed by atoms with Crippen LogP contribution in [0.3, 0.4) is 0 Å². The number of hydrogen-bond donors (Lipinski definition) is 2. The molecule has 0 unspecified atom stereocenters. The third-order valence-electron chi connectivity index (χ3n) is 6.36. The molecule has 124 valence electrons. The molecule has 0 saturated heterocycles. The topological polar surface area (TPSA) is 57.5 Å². The highest BCUT2D eigenvalue weighted by molar-refractivity contribution is 5.72. The van der Waals surface area contributed by atoms with Gasteiger partial charge in [0.1, 0.15) is 12.0 Å². The molecule has 23 heavy (non-hydrogen) atoms. The van der Waals surface area contributed by atoms with Crippen molar-refractivity contribution < 1.29 is 15.0 Å². The molecule has 0 aromatic heterocycles. The first-order valence-corrected chi connectivity index (χ1v) is 8.53. The van der Waals surface area contributed by atoms with Crippen LogP contribution in [0.2, 0.25) is 0 Å². The van der Waals surface area contributed by atoms with Crippen molar-refractivity contribution in [1.29, 1.82) is 0 Å². The van der Waals surface area contributed by atoms with E-state index in [1.165, 1.54) is 5.56 Å². The lowest BCUT2D eigenvalue weighted by atomic mass is 9.59. The van der Waals surface area contributed by atoms with Gasteiger partial charge in [-0.15, -0.1) is 0 Å². The molecule has 0 amide bonds. The summed E-state index contributed by atoms with van der Waals surface area (Å²) in [5.74, 6) is 0.894. The average Bonchev–Trinajstić information content (AvgIpc) is 2.79. The molecule has 3 heteroatoms. The molecule has 2 aliphatic carbocycles. The molecule has 0 spiro atoms. The predicted octanol–water partition coefficient (Wildman–Crippen LogP) is 3.95. The zero-order valence-corrected chi connectivity index (χ0v) is 14.0. The zero-order valence-electron chi connectivity index (χ0n) is 14.0. The summed E-state index contributed by atoms with van der Waals surface area (Å²) < 4.78 is 0. The molecule has 3 rings (SSSR count). The number of benzene rings is 1. The molecule has 4 atom stereocenters. The van der Waals surface area contributed by atoms with E-state index in [2.05, 4.69) is 13.0 Å². The van der Waals surface area contributed by atoms with E-state index < -0.39 is 5.60 Å². The van der Waals surface area contributed by atoms with Crippen LogP contribution in [0.1, 0.15) is 57.4 Å². The van der Waals surface area contributed by atoms with E-state index in [4.69, 9.17) is 0 Å². The van der Waals surface area contributed by atoms with E-state index in [1.807, 2.05) is 19.1 Å². The van der Waals surface area contributed by atoms with Crippen molar-refractivity contribution in [1.82, 2.24) is 0 Å². The van der Waals surface area contributed by atoms with Crippen molar-refractivity contribution in [3.05, 3.63) is 41.5 Å². The first-order valence-electron chi connectivity index (χ1n) is 8.53. The lowest BCUT2D eigenvalue weighted by Crippen LogP contribution is -2.49. The number of aliphatic hydroxyl groups is 1. The van der Waals surface area contributed by atoms with Crippen molar-refractivity contribution in [3.63, 3.8) is 0 Å². The fourth-order valence-electron chi connectivity index (χ4n) is 4.74. The zero-order chi connectivity index (χ0) is 16.7. The van der Waals surface area contributed by atoms with Crippen molar-refractivity contribution in [2.24, 2.45) is 11.3 Å². The van der Waals surface area contributed by atoms with Gasteiger partial charge < -0.3 is 10.2 Å². The van der Waals surface area contributed by atoms with Crippen molar-refractivity contribution in [2.75, 3.05) is 0 Å². The molecular formula is C20H26O3. The molecule has 0 heterocycles. The SMILES string of the molecule is CC(C=O)=C[C@H]1CC[C@]2(O)C[C@@H](c3ccc(O)cc3)CC[C@]12C. The van der Waals surface area contributed by atoms with Gasteiger partial charge >= 0.3 is 0 Å². The number of carbonyl (C=O) groups is 1. The number of allylic oxidation sites excluding steroid dienone is 2. The van der Waals surface area contributed by atoms with Gasteiger partial charge in [0.05, 0.1) is 5.60 Å². The minimum absolute atomic E-state index is 0.148. The normalized spacial score (nSPS) is 37.4. The van der Waals surface area contributed by atoms with Crippen molar-refractivity contribution >= 4 is 6.29 Å². The molecule has 2 aliphatic rings. The lowest BCUT2D eigenvalue weighted by molar-refractivity contribution is -0.105. The van der Waals surface area contributed by atoms with Gasteiger partial charge in [-0.25, -0.2) is 0 Å². The summed E-state index contributed by atoms with van der Waals surface area (Å²) in [7, 11) is 0. The Morgan fingerprint density at radius 1 is 1.22 bits per heavy atom. The number of aromatic hydroxyl groups is 1. The van der Waals surface area contributed by atoms with Gasteiger partial charge in [0, 0.05) is 5.41 Å². The fourth-order valence-corrected chi connectivity index (χ4v) is 4.74. The number of fused-ring (bicyclic) bond motifs is 1. The summed E-state index contributed by atoms with van der Waals surface area (Å²) >= 11 is 0. The Morgan fingerprint density at radius 2 is 1.91 bits per heavy atom. The summed E-state index contributed by atoms with van der Waals surface area (Å²) in [6.45, 7) is 4.03. The highest BCUT2D eigenvalue weighted by Gasteiger charge is 2.58. The first-order chi connectivity index (χ1) is 10.9. The van der Waals surface area contributed by atoms with E-state index in [0.717, 1.165) is 44.0 Å². The summed E-state index contributed by atoms with van der Waals surface area (Å²) in [5.41, 5.74) is 1.14. The third kappa shape index (κ3) is 2.72. The molecule has 0 aliphatic heterocycles. The largest absolute Gasteiger partial charge is 0.508 e. The molecule has 2 fully saturated rings. The Morgan fingerprint density at radius 3 is 2.57 bits per heavy atom. The van der Waals surface area contributed by atoms with Crippen molar-refractivity contribution in [3.8, 4) is 5.75 Å². The number of hydrogen-bond acceptors (Lipinski definition) is 3. The van der Waals surface area contributed by atoms with Gasteiger partial charge in [-0.2, -0.15) is 0 Å². The maximum atomic E-state index is 11.3. The van der Waals surface area contributed by atoms with E-state index in [-0.39, 0.29) is 17.1 Å². The number of aldehydes is 1. The highest BCUT2D eigenvalue weighted by atomic mass is 16.3. The second kappa shape index (κ2) is 5.79. The fraction of sp³-hybridized carbons (Fsp3) is 0.550. The number of rotatable bonds is 3. The minimum Gasteiger partial charge on any atom is -0.508 e. The van der Waals surface area contributed by atoms with Gasteiger partial charge in [-0.3, -0.25) is 4.79 Å². The van der Waals surface area contributed by atoms with Gasteiger partial charge in [0.2, 0.25) is 0 Å². The quantitative estimate of drug-likeness (QED) is 0.656. The maximum absolute atomic E-state index is 11.3. The Kier molecular flexibility index (Phi) is 4.09. The molecule has 3 nitrogen and oxygen atoms in total. The Labute approximate surface area is 138 Å². The van der Waals surface area contributed by atoms with Crippen LogP contribution in [-0.2, 0) is 4.79 Å². The standard InChI is InChI=1S/C20H26O3/c1-14(13-21)11-17-8-10-20(23)12-16(7-9-19(17,20)2)15-3-5-18(22)6-4-15/h3-6,11,13,16-17,22-23H,7-10,12H2,1-2H3/t16-,17+,19+,20-/m0/s1. The number of phenolic OH excluding ortho intramolecular Hbond substituents is 1. The number of phenols is 1. The molecule has 1 aromatic rings. The van der Waals surface area contributed by atoms with Crippen LogP contribution in [0.25, 0.3) is 0 Å². The smallest absolute Gasteiger partial charge is 0.145 e. The summed E-state index contributed by atoms with van der Waals surface area (Å²) in [6.07, 6.45) is 7.47. The second-order valence-corrected chi connectivity index (χ2v) is 7.65. The Bertz CT molecular complexity index is 618. The van der Waals surface area contributed by atoms with Gasteiger partial charge in [0.15, 0.2) is 0 Å². The third-order valence-corrected chi connectivity index (χ3v) is 6.36. The second-order valence-electron chi connectivity index (χ2n) is 7.65. The van der Waals surface area contributed by atoms with Crippen LogP contribution >= 0.6 is 0 Å². The monoisotopic (exact) mass is 314 g/mol. The molecule has 0 bridgehead atoms. The molecule has 0 radical (unpaired) electrons. The van der Waals surface area contributed by atoms with Crippen LogP contribution in [0.15, 0.2) is 35.9 Å². The van der Waals surface area contributed by atoms with Crippen LogP contribution in [0, 0.1) is 11.3 Å². The van der Waals surface area contributed by atoms with Crippen LogP contribution in [0.4, 0.5) is 0 Å². The van der Waals surface area contributed by atoms with Gasteiger partial charge in [0.25, 0.3) is 0 Å². The van der Waals surface area contributed by atoms with Gasteiger partial charge in [-0.1, -0.05) is 25.1 Å². The van der Waals surface area contributed by atoms with Crippen LogP contribution in [0.5, 0.6) is 5.75 Å². The minimum atomic E-state index is -0.669. The molecule has 1 aromatic carbocycles. The summed E-state index contributed by atoms with van der Waals surface area (Å²) in [4.78, 5) is 11.0. The summed E-state index contributed by atoms with van der Waals surface area (Å²) in [6, 6.07) is 7.38. The first kappa shape index (κ1) is 16.3. The predicted molar refractivity (Wildman–Crippen MR) is 90.3 cm³/mol. The van der Waals surface area contributed by atoms with Crippen molar-refractivity contribution in [2.45, 2.75) is 57.5 Å². The highest BCUT2D eigenvalue weighted by Crippen LogP contribution is 2.61. The van der Waals surface area contributed by atoms with Gasteiger partial charge in [-0.05, 0) is 74.1 Å². The van der Waals surface area contributed by atoms with Crippen LogP contribution < -0.4 is 0 Å². The Hall–Kier alpha value is -1.61. The lowest BCUT2D eigenvalue weighted by Gasteiger charge is -2.49. The Balaban J connectivity index is 1.83. The summed E-state index contributed by atoms with van der Waals surface area (Å²) in [5, 5.41) is 20.8. The average molecular weight is 314 g/mol. The van der Waals surface area contributed by atoms with E-state index in [9.17, 15) is 15.0 Å². The molecule has 2 saturated carbocycles. The van der Waals surface area contributed by atoms with E-state index in [1.54, 1.807) is 12.1 Å². The van der Waals surface area contributed by atoms with Crippen LogP contribution in [-0.4, -0.2) is 22.1 Å². The van der Waals surface area contributed by atoms with E-state index in [0.29, 0.717) is 5.92 Å².